The smallest absolute Gasteiger partial charge is 0.135 e. The van der Waals surface area contributed by atoms with Crippen molar-refractivity contribution in [2.24, 2.45) is 0 Å². The molecule has 1 nitrogen and oxygen atoms in total. The third-order valence-corrected chi connectivity index (χ3v) is 3.58. The molecule has 0 saturated carbocycles. The zero-order chi connectivity index (χ0) is 8.72. The average molecular weight is 337 g/mol. The molecule has 2 rings (SSSR count). The number of hydrogen-bond donors (Lipinski definition) is 0. The summed E-state index contributed by atoms with van der Waals surface area (Å²) in [6.45, 7) is 1.98. The van der Waals surface area contributed by atoms with Crippen LogP contribution in [0, 0.1) is 10.5 Å². The van der Waals surface area contributed by atoms with Crippen LogP contribution in [-0.4, -0.2) is 0 Å². The third-order valence-electron chi connectivity index (χ3n) is 1.75. The van der Waals surface area contributed by atoms with Crippen molar-refractivity contribution in [3.8, 4) is 0 Å². The SMILES string of the molecule is Cc1oc2ccc(Br)cc2c1I. The van der Waals surface area contributed by atoms with E-state index in [4.69, 9.17) is 4.42 Å². The number of halogens is 2. The Morgan fingerprint density at radius 3 is 2.92 bits per heavy atom. The molecule has 0 aliphatic rings. The molecule has 0 N–H and O–H groups in total. The highest BCUT2D eigenvalue weighted by molar-refractivity contribution is 14.1. The van der Waals surface area contributed by atoms with Crippen LogP contribution in [0.5, 0.6) is 0 Å². The first kappa shape index (κ1) is 8.56. The van der Waals surface area contributed by atoms with Crippen molar-refractivity contribution < 1.29 is 4.42 Å². The van der Waals surface area contributed by atoms with Crippen LogP contribution in [0.1, 0.15) is 5.76 Å². The Kier molecular flexibility index (Phi) is 2.16. The van der Waals surface area contributed by atoms with Crippen molar-refractivity contribution in [3.05, 3.63) is 32.0 Å². The molecule has 0 atom stereocenters. The number of furan rings is 1. The lowest BCUT2D eigenvalue weighted by Crippen LogP contribution is -1.69. The number of rotatable bonds is 0. The van der Waals surface area contributed by atoms with Crippen LogP contribution in [-0.2, 0) is 0 Å². The van der Waals surface area contributed by atoms with E-state index in [2.05, 4.69) is 44.6 Å². The summed E-state index contributed by atoms with van der Waals surface area (Å²) < 4.78 is 7.81. The Labute approximate surface area is 92.4 Å². The van der Waals surface area contributed by atoms with Gasteiger partial charge in [-0.05, 0) is 47.7 Å². The average Bonchev–Trinajstić information content (AvgIpc) is 2.31. The lowest BCUT2D eigenvalue weighted by Gasteiger charge is -1.89. The van der Waals surface area contributed by atoms with Crippen molar-refractivity contribution in [1.29, 1.82) is 0 Å². The Morgan fingerprint density at radius 1 is 1.42 bits per heavy atom. The van der Waals surface area contributed by atoms with Crippen LogP contribution in [0.15, 0.2) is 27.1 Å². The largest absolute Gasteiger partial charge is 0.460 e. The molecule has 1 aromatic heterocycles. The highest BCUT2D eigenvalue weighted by atomic mass is 127. The fraction of sp³-hybridized carbons (Fsp3) is 0.111. The van der Waals surface area contributed by atoms with Crippen LogP contribution in [0.3, 0.4) is 0 Å². The normalized spacial score (nSPS) is 10.9. The number of aryl methyl sites for hydroxylation is 1. The van der Waals surface area contributed by atoms with Crippen molar-refractivity contribution in [2.45, 2.75) is 6.92 Å². The molecule has 2 aromatic rings. The summed E-state index contributed by atoms with van der Waals surface area (Å²) in [5.41, 5.74) is 0.958. The molecule has 0 radical (unpaired) electrons. The van der Waals surface area contributed by atoms with E-state index >= 15 is 0 Å². The lowest BCUT2D eigenvalue weighted by atomic mass is 10.2. The maximum Gasteiger partial charge on any atom is 0.135 e. The van der Waals surface area contributed by atoms with Crippen molar-refractivity contribution in [2.75, 3.05) is 0 Å². The Bertz CT molecular complexity index is 433. The van der Waals surface area contributed by atoms with Gasteiger partial charge in [-0.15, -0.1) is 0 Å². The highest BCUT2D eigenvalue weighted by Crippen LogP contribution is 2.28. The standard InChI is InChI=1S/C9H6BrIO/c1-5-9(11)7-4-6(10)2-3-8(7)12-5/h2-4H,1H3. The van der Waals surface area contributed by atoms with E-state index in [-0.39, 0.29) is 0 Å². The van der Waals surface area contributed by atoms with E-state index < -0.39 is 0 Å². The van der Waals surface area contributed by atoms with Crippen molar-refractivity contribution >= 4 is 49.5 Å². The van der Waals surface area contributed by atoms with Gasteiger partial charge in [-0.25, -0.2) is 0 Å². The molecule has 0 unspecified atom stereocenters. The summed E-state index contributed by atoms with van der Waals surface area (Å²) in [5.74, 6) is 0.990. The maximum absolute atomic E-state index is 5.53. The molecule has 0 spiro atoms. The van der Waals surface area contributed by atoms with Gasteiger partial charge in [0, 0.05) is 9.86 Å². The molecule has 0 bridgehead atoms. The molecule has 0 saturated heterocycles. The summed E-state index contributed by atoms with van der Waals surface area (Å²) in [7, 11) is 0. The van der Waals surface area contributed by atoms with Gasteiger partial charge in [0.25, 0.3) is 0 Å². The minimum absolute atomic E-state index is 0.958. The zero-order valence-corrected chi connectivity index (χ0v) is 10.1. The molecule has 1 aromatic carbocycles. The number of fused-ring (bicyclic) bond motifs is 1. The number of hydrogen-bond acceptors (Lipinski definition) is 1. The molecule has 12 heavy (non-hydrogen) atoms. The van der Waals surface area contributed by atoms with Gasteiger partial charge in [-0.3, -0.25) is 0 Å². The molecule has 0 fully saturated rings. The van der Waals surface area contributed by atoms with Gasteiger partial charge in [0.05, 0.1) is 3.57 Å². The van der Waals surface area contributed by atoms with E-state index in [1.807, 2.05) is 19.1 Å². The molecule has 0 aliphatic heterocycles. The second-order valence-corrected chi connectivity index (χ2v) is 4.61. The van der Waals surface area contributed by atoms with E-state index in [9.17, 15) is 0 Å². The summed E-state index contributed by atoms with van der Waals surface area (Å²) in [5, 5.41) is 1.18. The molecule has 0 aliphatic carbocycles. The Morgan fingerprint density at radius 2 is 2.17 bits per heavy atom. The van der Waals surface area contributed by atoms with Gasteiger partial charge in [0.15, 0.2) is 0 Å². The van der Waals surface area contributed by atoms with E-state index in [1.165, 1.54) is 8.96 Å². The minimum atomic E-state index is 0.958. The summed E-state index contributed by atoms with van der Waals surface area (Å²) in [4.78, 5) is 0. The first-order valence-electron chi connectivity index (χ1n) is 3.52. The monoisotopic (exact) mass is 336 g/mol. The highest BCUT2D eigenvalue weighted by Gasteiger charge is 2.07. The Balaban J connectivity index is 2.88. The fourth-order valence-electron chi connectivity index (χ4n) is 1.16. The van der Waals surface area contributed by atoms with Crippen LogP contribution in [0.25, 0.3) is 11.0 Å². The van der Waals surface area contributed by atoms with E-state index in [0.717, 1.165) is 15.8 Å². The quantitative estimate of drug-likeness (QED) is 0.660. The van der Waals surface area contributed by atoms with Gasteiger partial charge in [-0.1, -0.05) is 15.9 Å². The molecule has 62 valence electrons. The second kappa shape index (κ2) is 3.03. The summed E-state index contributed by atoms with van der Waals surface area (Å²) in [6, 6.07) is 6.05. The maximum atomic E-state index is 5.53. The van der Waals surface area contributed by atoms with Gasteiger partial charge in [-0.2, -0.15) is 0 Å². The Hall–Kier alpha value is -0.0300. The van der Waals surface area contributed by atoms with Gasteiger partial charge < -0.3 is 4.42 Å². The first-order chi connectivity index (χ1) is 5.68. The zero-order valence-electron chi connectivity index (χ0n) is 6.40. The summed E-state index contributed by atoms with van der Waals surface area (Å²) in [6.07, 6.45) is 0. The fourth-order valence-corrected chi connectivity index (χ4v) is 2.05. The molecular weight excluding hydrogens is 331 g/mol. The summed E-state index contributed by atoms with van der Waals surface area (Å²) >= 11 is 5.73. The van der Waals surface area contributed by atoms with Crippen LogP contribution < -0.4 is 0 Å². The predicted octanol–water partition coefficient (Wildman–Crippen LogP) is 4.11. The lowest BCUT2D eigenvalue weighted by molar-refractivity contribution is 0.575. The van der Waals surface area contributed by atoms with Gasteiger partial charge in [0.1, 0.15) is 11.3 Å². The van der Waals surface area contributed by atoms with Crippen LogP contribution >= 0.6 is 38.5 Å². The molecular formula is C9H6BrIO. The van der Waals surface area contributed by atoms with Crippen molar-refractivity contribution in [1.82, 2.24) is 0 Å². The second-order valence-electron chi connectivity index (χ2n) is 2.61. The molecule has 3 heteroatoms. The van der Waals surface area contributed by atoms with Crippen LogP contribution in [0.4, 0.5) is 0 Å². The molecule has 0 amide bonds. The van der Waals surface area contributed by atoms with E-state index in [1.54, 1.807) is 0 Å². The van der Waals surface area contributed by atoms with E-state index in [0.29, 0.717) is 0 Å². The molecule has 1 heterocycles. The first-order valence-corrected chi connectivity index (χ1v) is 5.40. The van der Waals surface area contributed by atoms with Crippen molar-refractivity contribution in [3.63, 3.8) is 0 Å². The number of benzene rings is 1. The third kappa shape index (κ3) is 1.29. The minimum Gasteiger partial charge on any atom is -0.460 e. The van der Waals surface area contributed by atoms with Gasteiger partial charge in [0.2, 0.25) is 0 Å². The topological polar surface area (TPSA) is 13.1 Å². The predicted molar refractivity (Wildman–Crippen MR) is 61.4 cm³/mol. The van der Waals surface area contributed by atoms with Gasteiger partial charge >= 0.3 is 0 Å². The van der Waals surface area contributed by atoms with Crippen LogP contribution in [0.2, 0.25) is 0 Å².